The van der Waals surface area contributed by atoms with Gasteiger partial charge in [0.15, 0.2) is 0 Å². The fraction of sp³-hybridized carbons (Fsp3) is 0.211. The van der Waals surface area contributed by atoms with Gasteiger partial charge in [0.05, 0.1) is 11.6 Å². The van der Waals surface area contributed by atoms with Crippen molar-refractivity contribution in [3.63, 3.8) is 0 Å². The second-order valence-electron chi connectivity index (χ2n) is 5.93. The molecule has 3 rings (SSSR count). The van der Waals surface area contributed by atoms with Crippen LogP contribution in [-0.4, -0.2) is 17.9 Å². The van der Waals surface area contributed by atoms with Gasteiger partial charge in [-0.3, -0.25) is 14.5 Å². The SMILES string of the molecule is N#Cc1ccc(N2C(=O)CC[C@H]2C(=O)NCc2ccc(Cl)cc2Cl)cc1. The van der Waals surface area contributed by atoms with Crippen LogP contribution in [0.1, 0.15) is 24.0 Å². The van der Waals surface area contributed by atoms with Gasteiger partial charge < -0.3 is 5.32 Å². The lowest BCUT2D eigenvalue weighted by Gasteiger charge is -2.24. The highest BCUT2D eigenvalue weighted by atomic mass is 35.5. The molecule has 0 radical (unpaired) electrons. The van der Waals surface area contributed by atoms with Crippen molar-refractivity contribution in [1.29, 1.82) is 5.26 Å². The van der Waals surface area contributed by atoms with E-state index >= 15 is 0 Å². The second kappa shape index (κ2) is 7.77. The zero-order valence-electron chi connectivity index (χ0n) is 13.7. The quantitative estimate of drug-likeness (QED) is 0.869. The largest absolute Gasteiger partial charge is 0.350 e. The number of carbonyl (C=O) groups is 2. The predicted octanol–water partition coefficient (Wildman–Crippen LogP) is 3.68. The highest BCUT2D eigenvalue weighted by Crippen LogP contribution is 2.27. The lowest BCUT2D eigenvalue weighted by atomic mass is 10.1. The van der Waals surface area contributed by atoms with E-state index in [0.717, 1.165) is 5.56 Å². The third-order valence-corrected chi connectivity index (χ3v) is 4.84. The van der Waals surface area contributed by atoms with Crippen molar-refractivity contribution in [3.8, 4) is 6.07 Å². The molecule has 1 N–H and O–H groups in total. The molecule has 2 aromatic rings. The van der Waals surface area contributed by atoms with Crippen molar-refractivity contribution in [2.45, 2.75) is 25.4 Å². The molecule has 0 unspecified atom stereocenters. The Hall–Kier alpha value is -2.55. The number of halogens is 2. The molecule has 2 amide bonds. The molecule has 0 bridgehead atoms. The highest BCUT2D eigenvalue weighted by Gasteiger charge is 2.36. The molecule has 1 aliphatic heterocycles. The van der Waals surface area contributed by atoms with Crippen LogP contribution in [0.2, 0.25) is 10.0 Å². The summed E-state index contributed by atoms with van der Waals surface area (Å²) in [6.07, 6.45) is 0.749. The van der Waals surface area contributed by atoms with Gasteiger partial charge in [0, 0.05) is 28.7 Å². The van der Waals surface area contributed by atoms with Gasteiger partial charge in [-0.25, -0.2) is 0 Å². The normalized spacial score (nSPS) is 16.4. The van der Waals surface area contributed by atoms with Crippen LogP contribution in [-0.2, 0) is 16.1 Å². The molecule has 1 saturated heterocycles. The first kappa shape index (κ1) is 18.2. The van der Waals surface area contributed by atoms with E-state index < -0.39 is 6.04 Å². The van der Waals surface area contributed by atoms with Crippen LogP contribution in [0.15, 0.2) is 42.5 Å². The van der Waals surface area contributed by atoms with E-state index in [1.54, 1.807) is 42.5 Å². The van der Waals surface area contributed by atoms with E-state index in [0.29, 0.717) is 34.1 Å². The number of nitriles is 1. The number of nitrogens with zero attached hydrogens (tertiary/aromatic N) is 2. The molecule has 1 fully saturated rings. The zero-order chi connectivity index (χ0) is 18.7. The first-order valence-electron chi connectivity index (χ1n) is 8.03. The summed E-state index contributed by atoms with van der Waals surface area (Å²) in [6, 6.07) is 13.1. The molecule has 2 aromatic carbocycles. The van der Waals surface area contributed by atoms with Gasteiger partial charge in [0.2, 0.25) is 11.8 Å². The van der Waals surface area contributed by atoms with Crippen LogP contribution in [0.4, 0.5) is 5.69 Å². The van der Waals surface area contributed by atoms with Crippen LogP contribution in [0.25, 0.3) is 0 Å². The van der Waals surface area contributed by atoms with Crippen LogP contribution in [0.3, 0.4) is 0 Å². The average molecular weight is 388 g/mol. The Balaban J connectivity index is 1.72. The Morgan fingerprint density at radius 1 is 1.23 bits per heavy atom. The lowest BCUT2D eigenvalue weighted by molar-refractivity contribution is -0.124. The van der Waals surface area contributed by atoms with Gasteiger partial charge >= 0.3 is 0 Å². The van der Waals surface area contributed by atoms with E-state index in [2.05, 4.69) is 5.32 Å². The molecule has 7 heteroatoms. The van der Waals surface area contributed by atoms with Gasteiger partial charge in [0.25, 0.3) is 0 Å². The number of hydrogen-bond donors (Lipinski definition) is 1. The molecule has 0 spiro atoms. The molecule has 0 saturated carbocycles. The zero-order valence-corrected chi connectivity index (χ0v) is 15.2. The molecule has 5 nitrogen and oxygen atoms in total. The second-order valence-corrected chi connectivity index (χ2v) is 6.77. The topological polar surface area (TPSA) is 73.2 Å². The van der Waals surface area contributed by atoms with E-state index in [4.69, 9.17) is 28.5 Å². The Morgan fingerprint density at radius 3 is 2.62 bits per heavy atom. The summed E-state index contributed by atoms with van der Waals surface area (Å²) in [5.74, 6) is -0.356. The van der Waals surface area contributed by atoms with Crippen LogP contribution < -0.4 is 10.2 Å². The minimum Gasteiger partial charge on any atom is -0.350 e. The number of benzene rings is 2. The molecular weight excluding hydrogens is 373 g/mol. The fourth-order valence-electron chi connectivity index (χ4n) is 2.92. The lowest BCUT2D eigenvalue weighted by Crippen LogP contribution is -2.44. The maximum Gasteiger partial charge on any atom is 0.243 e. The molecule has 0 aliphatic carbocycles. The van der Waals surface area contributed by atoms with Crippen LogP contribution >= 0.6 is 23.2 Å². The smallest absolute Gasteiger partial charge is 0.243 e. The third kappa shape index (κ3) is 3.82. The van der Waals surface area contributed by atoms with Gasteiger partial charge in [-0.05, 0) is 48.4 Å². The number of carbonyl (C=O) groups excluding carboxylic acids is 2. The predicted molar refractivity (Wildman–Crippen MR) is 100.0 cm³/mol. The number of amides is 2. The monoisotopic (exact) mass is 387 g/mol. The van der Waals surface area contributed by atoms with Gasteiger partial charge in [-0.1, -0.05) is 29.3 Å². The summed E-state index contributed by atoms with van der Waals surface area (Å²) < 4.78 is 0. The standard InChI is InChI=1S/C19H15Cl2N3O2/c20-14-4-3-13(16(21)9-14)11-23-19(26)17-7-8-18(25)24(17)15-5-1-12(10-22)2-6-15/h1-6,9,17H,7-8,11H2,(H,23,26)/t17-/m0/s1. The van der Waals surface area contributed by atoms with E-state index in [-0.39, 0.29) is 18.4 Å². The Morgan fingerprint density at radius 2 is 1.96 bits per heavy atom. The number of nitrogens with one attached hydrogen (secondary N) is 1. The van der Waals surface area contributed by atoms with Gasteiger partial charge in [-0.15, -0.1) is 0 Å². The Labute approximate surface area is 161 Å². The maximum absolute atomic E-state index is 12.6. The summed E-state index contributed by atoms with van der Waals surface area (Å²) in [5, 5.41) is 12.7. The van der Waals surface area contributed by atoms with Crippen molar-refractivity contribution >= 4 is 40.7 Å². The summed E-state index contributed by atoms with van der Waals surface area (Å²) in [4.78, 5) is 26.4. The van der Waals surface area contributed by atoms with Crippen molar-refractivity contribution in [1.82, 2.24) is 5.32 Å². The van der Waals surface area contributed by atoms with Crippen molar-refractivity contribution in [2.75, 3.05) is 4.90 Å². The summed E-state index contributed by atoms with van der Waals surface area (Å²) in [6.45, 7) is 0.251. The molecule has 1 atom stereocenters. The van der Waals surface area contributed by atoms with Crippen molar-refractivity contribution in [2.24, 2.45) is 0 Å². The first-order chi connectivity index (χ1) is 12.5. The van der Waals surface area contributed by atoms with Crippen LogP contribution in [0, 0.1) is 11.3 Å². The average Bonchev–Trinajstić information content (AvgIpc) is 3.02. The Kier molecular flexibility index (Phi) is 5.46. The molecule has 1 heterocycles. The maximum atomic E-state index is 12.6. The summed E-state index contributed by atoms with van der Waals surface area (Å²) in [7, 11) is 0. The molecular formula is C19H15Cl2N3O2. The van der Waals surface area contributed by atoms with Crippen molar-refractivity contribution < 1.29 is 9.59 Å². The van der Waals surface area contributed by atoms with E-state index in [9.17, 15) is 9.59 Å². The number of hydrogen-bond acceptors (Lipinski definition) is 3. The van der Waals surface area contributed by atoms with Crippen LogP contribution in [0.5, 0.6) is 0 Å². The molecule has 1 aliphatic rings. The van der Waals surface area contributed by atoms with E-state index in [1.165, 1.54) is 4.90 Å². The Bertz CT molecular complexity index is 891. The highest BCUT2D eigenvalue weighted by molar-refractivity contribution is 6.35. The molecule has 0 aromatic heterocycles. The van der Waals surface area contributed by atoms with Gasteiger partial charge in [-0.2, -0.15) is 5.26 Å². The third-order valence-electron chi connectivity index (χ3n) is 4.26. The summed E-state index contributed by atoms with van der Waals surface area (Å²) >= 11 is 12.0. The van der Waals surface area contributed by atoms with E-state index in [1.807, 2.05) is 6.07 Å². The van der Waals surface area contributed by atoms with Crippen molar-refractivity contribution in [3.05, 3.63) is 63.6 Å². The minimum absolute atomic E-state index is 0.112. The number of rotatable bonds is 4. The summed E-state index contributed by atoms with van der Waals surface area (Å²) in [5.41, 5.74) is 1.86. The number of anilines is 1. The molecule has 26 heavy (non-hydrogen) atoms. The fourth-order valence-corrected chi connectivity index (χ4v) is 3.39. The van der Waals surface area contributed by atoms with Gasteiger partial charge in [0.1, 0.15) is 6.04 Å². The minimum atomic E-state index is -0.582. The molecule has 132 valence electrons. The first-order valence-corrected chi connectivity index (χ1v) is 8.79.